The first-order valence-electron chi connectivity index (χ1n) is 10.7. The molecule has 0 saturated heterocycles. The Morgan fingerprint density at radius 3 is 2.25 bits per heavy atom. The van der Waals surface area contributed by atoms with Gasteiger partial charge in [-0.2, -0.15) is 0 Å². The number of carbonyl (C=O) groups is 1. The van der Waals surface area contributed by atoms with Crippen LogP contribution in [0.2, 0.25) is 18.1 Å². The van der Waals surface area contributed by atoms with E-state index in [0.29, 0.717) is 18.3 Å². The molecular formula is C23H39NO3Si. The van der Waals surface area contributed by atoms with Crippen LogP contribution in [-0.2, 0) is 14.0 Å². The molecule has 1 fully saturated rings. The van der Waals surface area contributed by atoms with Gasteiger partial charge in [0.2, 0.25) is 0 Å². The predicted octanol–water partition coefficient (Wildman–Crippen LogP) is 5.96. The van der Waals surface area contributed by atoms with E-state index in [9.17, 15) is 4.79 Å². The Kier molecular flexibility index (Phi) is 8.14. The third-order valence-corrected chi connectivity index (χ3v) is 11.2. The molecule has 0 radical (unpaired) electrons. The monoisotopic (exact) mass is 405 g/mol. The van der Waals surface area contributed by atoms with Gasteiger partial charge in [0.05, 0.1) is 13.7 Å². The van der Waals surface area contributed by atoms with Gasteiger partial charge in [0, 0.05) is 18.7 Å². The average molecular weight is 406 g/mol. The lowest BCUT2D eigenvalue weighted by Gasteiger charge is -2.36. The second-order valence-electron chi connectivity index (χ2n) is 9.66. The van der Waals surface area contributed by atoms with Gasteiger partial charge in [-0.05, 0) is 73.3 Å². The number of methoxy groups -OCH3 is 1. The Morgan fingerprint density at radius 2 is 1.71 bits per heavy atom. The maximum absolute atomic E-state index is 11.4. The van der Waals surface area contributed by atoms with Crippen LogP contribution < -0.4 is 5.32 Å². The lowest BCUT2D eigenvalue weighted by atomic mass is 9.77. The van der Waals surface area contributed by atoms with Gasteiger partial charge in [0.15, 0.2) is 8.32 Å². The lowest BCUT2D eigenvalue weighted by Crippen LogP contribution is -2.41. The van der Waals surface area contributed by atoms with Gasteiger partial charge in [-0.15, -0.1) is 0 Å². The van der Waals surface area contributed by atoms with Crippen molar-refractivity contribution in [2.75, 3.05) is 25.6 Å². The topological polar surface area (TPSA) is 47.6 Å². The summed E-state index contributed by atoms with van der Waals surface area (Å²) in [6.45, 7) is 13.0. The van der Waals surface area contributed by atoms with E-state index < -0.39 is 8.32 Å². The highest BCUT2D eigenvalue weighted by atomic mass is 28.4. The molecule has 0 atom stereocenters. The highest BCUT2D eigenvalue weighted by molar-refractivity contribution is 6.74. The smallest absolute Gasteiger partial charge is 0.305 e. The molecule has 1 aliphatic rings. The number of anilines is 1. The molecule has 0 aromatic heterocycles. The molecule has 1 aromatic carbocycles. The summed E-state index contributed by atoms with van der Waals surface area (Å²) in [5, 5.41) is 3.73. The van der Waals surface area contributed by atoms with E-state index in [1.54, 1.807) is 0 Å². The normalized spacial score (nSPS) is 20.6. The van der Waals surface area contributed by atoms with Crippen LogP contribution in [0.1, 0.15) is 64.4 Å². The quantitative estimate of drug-likeness (QED) is 0.329. The minimum Gasteiger partial charge on any atom is -0.469 e. The molecular weight excluding hydrogens is 366 g/mol. The van der Waals surface area contributed by atoms with Crippen molar-refractivity contribution in [2.45, 2.75) is 76.9 Å². The van der Waals surface area contributed by atoms with E-state index in [2.05, 4.69) is 63.4 Å². The predicted molar refractivity (Wildman–Crippen MR) is 119 cm³/mol. The molecule has 4 nitrogen and oxygen atoms in total. The van der Waals surface area contributed by atoms with Gasteiger partial charge >= 0.3 is 5.97 Å². The molecule has 1 N–H and O–H groups in total. The molecule has 0 amide bonds. The summed E-state index contributed by atoms with van der Waals surface area (Å²) in [5.74, 6) is 1.03. The Labute approximate surface area is 172 Å². The fraction of sp³-hybridized carbons (Fsp3) is 0.696. The van der Waals surface area contributed by atoms with Crippen molar-refractivity contribution in [2.24, 2.45) is 5.92 Å². The van der Waals surface area contributed by atoms with Crippen LogP contribution in [-0.4, -0.2) is 34.5 Å². The van der Waals surface area contributed by atoms with Crippen molar-refractivity contribution in [1.82, 2.24) is 0 Å². The zero-order chi connectivity index (χ0) is 20.8. The highest BCUT2D eigenvalue weighted by Gasteiger charge is 2.36. The van der Waals surface area contributed by atoms with E-state index in [-0.39, 0.29) is 11.0 Å². The summed E-state index contributed by atoms with van der Waals surface area (Å²) >= 11 is 0. The van der Waals surface area contributed by atoms with Crippen molar-refractivity contribution >= 4 is 20.0 Å². The molecule has 1 aromatic rings. The highest BCUT2D eigenvalue weighted by Crippen LogP contribution is 2.38. The van der Waals surface area contributed by atoms with Crippen LogP contribution in [0.3, 0.4) is 0 Å². The molecule has 158 valence electrons. The fourth-order valence-electron chi connectivity index (χ4n) is 3.61. The van der Waals surface area contributed by atoms with Gasteiger partial charge in [0.1, 0.15) is 0 Å². The van der Waals surface area contributed by atoms with Crippen LogP contribution >= 0.6 is 0 Å². The first kappa shape index (κ1) is 23.0. The number of carbonyl (C=O) groups excluding carboxylic acids is 1. The van der Waals surface area contributed by atoms with Gasteiger partial charge in [-0.1, -0.05) is 32.9 Å². The summed E-state index contributed by atoms with van der Waals surface area (Å²) in [4.78, 5) is 11.4. The van der Waals surface area contributed by atoms with Gasteiger partial charge in [0.25, 0.3) is 0 Å². The van der Waals surface area contributed by atoms with Crippen LogP contribution in [0.15, 0.2) is 24.3 Å². The van der Waals surface area contributed by atoms with Crippen LogP contribution in [0.4, 0.5) is 5.69 Å². The minimum atomic E-state index is -1.66. The molecule has 5 heteroatoms. The number of benzene rings is 1. The zero-order valence-electron chi connectivity index (χ0n) is 18.6. The number of hydrogen-bond donors (Lipinski definition) is 1. The molecule has 1 aliphatic carbocycles. The Balaban J connectivity index is 1.74. The van der Waals surface area contributed by atoms with E-state index in [4.69, 9.17) is 9.16 Å². The first-order valence-corrected chi connectivity index (χ1v) is 13.6. The van der Waals surface area contributed by atoms with Crippen molar-refractivity contribution in [3.8, 4) is 0 Å². The maximum Gasteiger partial charge on any atom is 0.305 e. The Morgan fingerprint density at radius 1 is 1.11 bits per heavy atom. The van der Waals surface area contributed by atoms with E-state index in [1.165, 1.54) is 12.7 Å². The third-order valence-electron chi connectivity index (χ3n) is 6.61. The maximum atomic E-state index is 11.4. The van der Waals surface area contributed by atoms with Gasteiger partial charge in [-0.25, -0.2) is 0 Å². The number of hydrogen-bond acceptors (Lipinski definition) is 4. The summed E-state index contributed by atoms with van der Waals surface area (Å²) in [7, 11) is -0.187. The standard InChI is InChI=1S/C23H39NO3Si/c1-23(2,3)28(5,6)27-16-15-24-21-13-11-20(12-14-21)19-9-7-18(8-10-19)17-22(25)26-4/h11-14,18-19,24H,7-10,15-17H2,1-6H3. The Bertz CT molecular complexity index is 614. The summed E-state index contributed by atoms with van der Waals surface area (Å²) < 4.78 is 11.0. The fourth-order valence-corrected chi connectivity index (χ4v) is 4.66. The van der Waals surface area contributed by atoms with Crippen molar-refractivity contribution in [1.29, 1.82) is 0 Å². The van der Waals surface area contributed by atoms with Gasteiger partial charge < -0.3 is 14.5 Å². The van der Waals surface area contributed by atoms with Crippen LogP contribution in [0.25, 0.3) is 0 Å². The molecule has 1 saturated carbocycles. The zero-order valence-corrected chi connectivity index (χ0v) is 19.6. The SMILES string of the molecule is COC(=O)CC1CCC(c2ccc(NCCO[Si](C)(C)C(C)(C)C)cc2)CC1. The van der Waals surface area contributed by atoms with Crippen molar-refractivity contribution in [3.63, 3.8) is 0 Å². The second kappa shape index (κ2) is 9.93. The van der Waals surface area contributed by atoms with Crippen molar-refractivity contribution < 1.29 is 14.0 Å². The number of nitrogens with one attached hydrogen (secondary N) is 1. The molecule has 0 bridgehead atoms. The van der Waals surface area contributed by atoms with E-state index in [0.717, 1.165) is 44.5 Å². The molecule has 2 rings (SSSR count). The average Bonchev–Trinajstić information content (AvgIpc) is 2.65. The molecule has 0 spiro atoms. The summed E-state index contributed by atoms with van der Waals surface area (Å²) in [6, 6.07) is 8.87. The third kappa shape index (κ3) is 6.63. The largest absolute Gasteiger partial charge is 0.469 e. The molecule has 0 unspecified atom stereocenters. The number of rotatable bonds is 8. The number of esters is 1. The summed E-state index contributed by atoms with van der Waals surface area (Å²) in [6.07, 6.45) is 5.13. The Hall–Kier alpha value is -1.33. The lowest BCUT2D eigenvalue weighted by molar-refractivity contribution is -0.142. The van der Waals surface area contributed by atoms with Crippen LogP contribution in [0, 0.1) is 5.92 Å². The van der Waals surface area contributed by atoms with Crippen LogP contribution in [0.5, 0.6) is 0 Å². The second-order valence-corrected chi connectivity index (χ2v) is 14.5. The van der Waals surface area contributed by atoms with Crippen molar-refractivity contribution in [3.05, 3.63) is 29.8 Å². The molecule has 0 heterocycles. The first-order chi connectivity index (χ1) is 13.1. The molecule has 28 heavy (non-hydrogen) atoms. The van der Waals surface area contributed by atoms with E-state index >= 15 is 0 Å². The minimum absolute atomic E-state index is 0.0728. The number of ether oxygens (including phenoxy) is 1. The van der Waals surface area contributed by atoms with E-state index in [1.807, 2.05) is 0 Å². The van der Waals surface area contributed by atoms with Gasteiger partial charge in [-0.3, -0.25) is 4.79 Å². The summed E-state index contributed by atoms with van der Waals surface area (Å²) in [5.41, 5.74) is 2.57. The molecule has 0 aliphatic heterocycles.